The first kappa shape index (κ1) is 29.3. The highest BCUT2D eigenvalue weighted by Gasteiger charge is 2.35. The molecule has 4 amide bonds. The highest BCUT2D eigenvalue weighted by Crippen LogP contribution is 2.35. The van der Waals surface area contributed by atoms with Gasteiger partial charge in [-0.25, -0.2) is 4.79 Å². The molecule has 0 spiro atoms. The molecule has 1 fully saturated rings. The molecule has 1 saturated heterocycles. The van der Waals surface area contributed by atoms with Gasteiger partial charge in [0.15, 0.2) is 11.5 Å². The van der Waals surface area contributed by atoms with Crippen molar-refractivity contribution in [2.45, 2.75) is 52.7 Å². The number of aromatic nitrogens is 1. The van der Waals surface area contributed by atoms with Gasteiger partial charge in [-0.3, -0.25) is 9.59 Å². The molecular formula is C28H39N5O7. The predicted molar refractivity (Wildman–Crippen MR) is 147 cm³/mol. The first-order chi connectivity index (χ1) is 19.1. The van der Waals surface area contributed by atoms with Crippen molar-refractivity contribution >= 4 is 29.2 Å². The fraction of sp³-hybridized carbons (Fsp3) is 0.571. The molecule has 0 unspecified atom stereocenters. The van der Waals surface area contributed by atoms with E-state index in [9.17, 15) is 19.5 Å². The van der Waals surface area contributed by atoms with Gasteiger partial charge in [0.2, 0.25) is 5.91 Å². The number of nitrogens with one attached hydrogen (secondary N) is 2. The summed E-state index contributed by atoms with van der Waals surface area (Å²) in [5.74, 6) is -0.127. The van der Waals surface area contributed by atoms with Crippen LogP contribution in [0.15, 0.2) is 22.7 Å². The second kappa shape index (κ2) is 12.7. The molecular weight excluding hydrogens is 518 g/mol. The number of aliphatic hydroxyl groups is 1. The number of anilines is 2. The van der Waals surface area contributed by atoms with E-state index < -0.39 is 12.1 Å². The zero-order valence-corrected chi connectivity index (χ0v) is 23.7. The highest BCUT2D eigenvalue weighted by atomic mass is 16.5. The normalized spacial score (nSPS) is 20.6. The standard InChI is InChI=1S/C28H39N5O7/c1-16-13-33(17(2)15-34)27(36)21-7-6-8-22(29-26(35)20-9-11-38-12-10-20)25(21)39-23(16)14-32(5)28(37)30-24-18(3)31-40-19(24)4/h6-8,16-17,20,23,34H,9-15H2,1-5H3,(H,29,35)(H,30,37)/t16-,17+,23+/m1/s1. The summed E-state index contributed by atoms with van der Waals surface area (Å²) in [7, 11) is 1.65. The molecule has 2 aliphatic heterocycles. The number of aliphatic hydroxyl groups excluding tert-OH is 1. The summed E-state index contributed by atoms with van der Waals surface area (Å²) in [6, 6.07) is 4.25. The zero-order chi connectivity index (χ0) is 29.0. The van der Waals surface area contributed by atoms with Gasteiger partial charge >= 0.3 is 6.03 Å². The van der Waals surface area contributed by atoms with Gasteiger partial charge in [-0.2, -0.15) is 0 Å². The summed E-state index contributed by atoms with van der Waals surface area (Å²) in [6.45, 7) is 8.51. The Hall–Kier alpha value is -3.64. The second-order valence-corrected chi connectivity index (χ2v) is 10.7. The number of amides is 4. The molecule has 12 heteroatoms. The van der Waals surface area contributed by atoms with Crippen LogP contribution in [0.1, 0.15) is 48.5 Å². The SMILES string of the molecule is Cc1noc(C)c1NC(=O)N(C)C[C@@H]1Oc2c(NC(=O)C3CCOCC3)cccc2C(=O)N([C@@H](C)CO)C[C@H]1C. The van der Waals surface area contributed by atoms with Crippen LogP contribution in [0.4, 0.5) is 16.2 Å². The molecule has 12 nitrogen and oxygen atoms in total. The van der Waals surface area contributed by atoms with Crippen LogP contribution in [0.25, 0.3) is 0 Å². The number of fused-ring (bicyclic) bond motifs is 1. The first-order valence-electron chi connectivity index (χ1n) is 13.7. The summed E-state index contributed by atoms with van der Waals surface area (Å²) < 4.78 is 17.0. The molecule has 3 atom stereocenters. The number of para-hydroxylation sites is 1. The van der Waals surface area contributed by atoms with Gasteiger partial charge in [-0.05, 0) is 45.7 Å². The molecule has 1 aromatic heterocycles. The molecule has 3 N–H and O–H groups in total. The van der Waals surface area contributed by atoms with Crippen molar-refractivity contribution in [2.24, 2.45) is 11.8 Å². The number of aryl methyl sites for hydroxylation is 2. The number of likely N-dealkylation sites (N-methyl/N-ethyl adjacent to an activating group) is 1. The minimum atomic E-state index is -0.540. The molecule has 218 valence electrons. The van der Waals surface area contributed by atoms with Gasteiger partial charge in [0, 0.05) is 38.6 Å². The van der Waals surface area contributed by atoms with Gasteiger partial charge < -0.3 is 39.5 Å². The minimum absolute atomic E-state index is 0.157. The Balaban J connectivity index is 1.63. The summed E-state index contributed by atoms with van der Waals surface area (Å²) in [4.78, 5) is 43.0. The molecule has 2 aliphatic rings. The van der Waals surface area contributed by atoms with E-state index in [0.29, 0.717) is 55.4 Å². The number of carbonyl (C=O) groups is 3. The Bertz CT molecular complexity index is 1210. The predicted octanol–water partition coefficient (Wildman–Crippen LogP) is 3.04. The molecule has 0 radical (unpaired) electrons. The fourth-order valence-corrected chi connectivity index (χ4v) is 4.97. The zero-order valence-electron chi connectivity index (χ0n) is 23.7. The lowest BCUT2D eigenvalue weighted by Crippen LogP contribution is -2.50. The maximum atomic E-state index is 13.7. The molecule has 0 bridgehead atoms. The molecule has 0 aliphatic carbocycles. The third-order valence-corrected chi connectivity index (χ3v) is 7.61. The van der Waals surface area contributed by atoms with Crippen LogP contribution >= 0.6 is 0 Å². The van der Waals surface area contributed by atoms with Crippen LogP contribution in [0.5, 0.6) is 5.75 Å². The van der Waals surface area contributed by atoms with Crippen molar-refractivity contribution in [3.8, 4) is 5.75 Å². The lowest BCUT2D eigenvalue weighted by Gasteiger charge is -2.38. The van der Waals surface area contributed by atoms with Crippen molar-refractivity contribution in [3.05, 3.63) is 35.2 Å². The Morgan fingerprint density at radius 2 is 1.95 bits per heavy atom. The third kappa shape index (κ3) is 6.39. The number of nitrogens with zero attached hydrogens (tertiary/aromatic N) is 3. The summed E-state index contributed by atoms with van der Waals surface area (Å²) in [6.07, 6.45) is 0.696. The van der Waals surface area contributed by atoms with Crippen LogP contribution < -0.4 is 15.4 Å². The van der Waals surface area contributed by atoms with E-state index in [1.54, 1.807) is 50.9 Å². The van der Waals surface area contributed by atoms with Crippen LogP contribution in [-0.2, 0) is 9.53 Å². The lowest BCUT2D eigenvalue weighted by atomic mass is 9.98. The molecule has 40 heavy (non-hydrogen) atoms. The first-order valence-corrected chi connectivity index (χ1v) is 13.7. The van der Waals surface area contributed by atoms with Crippen molar-refractivity contribution in [3.63, 3.8) is 0 Å². The molecule has 3 heterocycles. The maximum Gasteiger partial charge on any atom is 0.321 e. The largest absolute Gasteiger partial charge is 0.485 e. The fourth-order valence-electron chi connectivity index (χ4n) is 4.97. The van der Waals surface area contributed by atoms with Gasteiger partial charge in [0.1, 0.15) is 17.5 Å². The maximum absolute atomic E-state index is 13.7. The van der Waals surface area contributed by atoms with E-state index in [2.05, 4.69) is 15.8 Å². The van der Waals surface area contributed by atoms with E-state index in [1.165, 1.54) is 4.90 Å². The smallest absolute Gasteiger partial charge is 0.321 e. The van der Waals surface area contributed by atoms with Gasteiger partial charge in [0.05, 0.1) is 30.4 Å². The number of rotatable bonds is 7. The molecule has 1 aromatic carbocycles. The Labute approximate surface area is 234 Å². The van der Waals surface area contributed by atoms with Crippen molar-refractivity contribution in [2.75, 3.05) is 50.6 Å². The average molecular weight is 558 g/mol. The number of benzene rings is 1. The molecule has 2 aromatic rings. The minimum Gasteiger partial charge on any atom is -0.485 e. The van der Waals surface area contributed by atoms with Crippen molar-refractivity contribution in [1.82, 2.24) is 15.0 Å². The number of hydrogen-bond donors (Lipinski definition) is 3. The van der Waals surface area contributed by atoms with E-state index in [0.717, 1.165) is 0 Å². The Morgan fingerprint density at radius 3 is 2.60 bits per heavy atom. The van der Waals surface area contributed by atoms with Crippen LogP contribution in [0, 0.1) is 25.7 Å². The summed E-state index contributed by atoms with van der Waals surface area (Å²) >= 11 is 0. The van der Waals surface area contributed by atoms with E-state index >= 15 is 0 Å². The monoisotopic (exact) mass is 557 g/mol. The third-order valence-electron chi connectivity index (χ3n) is 7.61. The van der Waals surface area contributed by atoms with Crippen molar-refractivity contribution < 1.29 is 33.5 Å². The van der Waals surface area contributed by atoms with E-state index in [-0.39, 0.29) is 54.1 Å². The summed E-state index contributed by atoms with van der Waals surface area (Å²) in [5.41, 5.74) is 1.76. The van der Waals surface area contributed by atoms with Gasteiger partial charge in [-0.1, -0.05) is 18.1 Å². The van der Waals surface area contributed by atoms with Crippen LogP contribution in [0.3, 0.4) is 0 Å². The van der Waals surface area contributed by atoms with Crippen LogP contribution in [-0.4, -0.2) is 90.0 Å². The topological polar surface area (TPSA) is 146 Å². The average Bonchev–Trinajstić information content (AvgIpc) is 3.27. The Morgan fingerprint density at radius 1 is 1.23 bits per heavy atom. The number of carbonyl (C=O) groups excluding carboxylic acids is 3. The van der Waals surface area contributed by atoms with E-state index in [4.69, 9.17) is 14.0 Å². The molecule has 0 saturated carbocycles. The molecule has 4 rings (SSSR count). The van der Waals surface area contributed by atoms with Crippen LogP contribution in [0.2, 0.25) is 0 Å². The number of ether oxygens (including phenoxy) is 2. The second-order valence-electron chi connectivity index (χ2n) is 10.7. The van der Waals surface area contributed by atoms with E-state index in [1.807, 2.05) is 6.92 Å². The number of urea groups is 1. The van der Waals surface area contributed by atoms with Gasteiger partial charge in [0.25, 0.3) is 5.91 Å². The van der Waals surface area contributed by atoms with Gasteiger partial charge in [-0.15, -0.1) is 0 Å². The van der Waals surface area contributed by atoms with Crippen molar-refractivity contribution in [1.29, 1.82) is 0 Å². The lowest BCUT2D eigenvalue weighted by molar-refractivity contribution is -0.122. The summed E-state index contributed by atoms with van der Waals surface area (Å²) in [5, 5.41) is 19.6. The number of hydrogen-bond acceptors (Lipinski definition) is 8. The highest BCUT2D eigenvalue weighted by molar-refractivity contribution is 6.02. The quantitative estimate of drug-likeness (QED) is 0.471. The Kier molecular flexibility index (Phi) is 9.31.